The van der Waals surface area contributed by atoms with Gasteiger partial charge in [0.2, 0.25) is 0 Å². The lowest BCUT2D eigenvalue weighted by Crippen LogP contribution is -2.31. The van der Waals surface area contributed by atoms with Gasteiger partial charge in [-0.3, -0.25) is 0 Å². The van der Waals surface area contributed by atoms with Crippen molar-refractivity contribution < 1.29 is 0 Å². The van der Waals surface area contributed by atoms with Crippen LogP contribution in [0.5, 0.6) is 0 Å². The van der Waals surface area contributed by atoms with Gasteiger partial charge in [-0.25, -0.2) is 15.0 Å². The maximum atomic E-state index is 4.98. The molecule has 0 saturated carbocycles. The van der Waals surface area contributed by atoms with Crippen molar-refractivity contribution in [3.63, 3.8) is 0 Å². The highest BCUT2D eigenvalue weighted by atomic mass is 32.2. The van der Waals surface area contributed by atoms with E-state index in [0.29, 0.717) is 17.5 Å². The molecule has 0 N–H and O–H groups in total. The molecule has 3 heterocycles. The van der Waals surface area contributed by atoms with Crippen LogP contribution in [-0.2, 0) is 5.41 Å². The van der Waals surface area contributed by atoms with E-state index in [2.05, 4.69) is 103 Å². The van der Waals surface area contributed by atoms with Crippen molar-refractivity contribution in [3.05, 3.63) is 186 Å². The van der Waals surface area contributed by atoms with Crippen LogP contribution in [0.1, 0.15) is 22.3 Å². The maximum Gasteiger partial charge on any atom is 0.174 e. The Labute approximate surface area is 293 Å². The first kappa shape index (κ1) is 28.4. The van der Waals surface area contributed by atoms with Crippen molar-refractivity contribution in [2.45, 2.75) is 15.2 Å². The van der Waals surface area contributed by atoms with Crippen LogP contribution in [0.15, 0.2) is 174 Å². The van der Waals surface area contributed by atoms with Crippen LogP contribution in [0.25, 0.3) is 55.0 Å². The van der Waals surface area contributed by atoms with Crippen molar-refractivity contribution in [3.8, 4) is 55.0 Å². The molecule has 1 spiro atoms. The summed E-state index contributed by atoms with van der Waals surface area (Å²) in [6.07, 6.45) is 0. The molecule has 10 rings (SSSR count). The molecule has 3 nitrogen and oxygen atoms in total. The molecule has 0 amide bonds. The second kappa shape index (κ2) is 11.2. The van der Waals surface area contributed by atoms with Crippen molar-refractivity contribution in [1.29, 1.82) is 0 Å². The van der Waals surface area contributed by atoms with Gasteiger partial charge in [0.25, 0.3) is 0 Å². The van der Waals surface area contributed by atoms with Gasteiger partial charge >= 0.3 is 0 Å². The minimum atomic E-state index is -0.365. The summed E-state index contributed by atoms with van der Waals surface area (Å²) in [5.41, 5.74) is 10.8. The number of benzene rings is 6. The highest BCUT2D eigenvalue weighted by Gasteiger charge is 2.50. The quantitative estimate of drug-likeness (QED) is 0.188. The number of nitrogens with zero attached hydrogens (tertiary/aromatic N) is 3. The third-order valence-electron chi connectivity index (χ3n) is 9.66. The van der Waals surface area contributed by atoms with Crippen LogP contribution < -0.4 is 0 Å². The first-order valence-corrected chi connectivity index (χ1v) is 18.0. The topological polar surface area (TPSA) is 38.7 Å². The number of fused-ring (bicyclic) bond motifs is 9. The van der Waals surface area contributed by atoms with Gasteiger partial charge in [-0.1, -0.05) is 151 Å². The molecule has 0 fully saturated rings. The van der Waals surface area contributed by atoms with Gasteiger partial charge in [0.05, 0.1) is 10.3 Å². The third-order valence-corrected chi connectivity index (χ3v) is 11.9. The molecule has 2 aromatic heterocycles. The first-order valence-electron chi connectivity index (χ1n) is 16.4. The minimum Gasteiger partial charge on any atom is -0.208 e. The molecule has 0 saturated heterocycles. The lowest BCUT2D eigenvalue weighted by molar-refractivity contribution is 0.722. The summed E-state index contributed by atoms with van der Waals surface area (Å²) < 4.78 is 0. The molecule has 230 valence electrons. The number of aromatic nitrogens is 3. The van der Waals surface area contributed by atoms with E-state index < -0.39 is 0 Å². The Hall–Kier alpha value is -5.62. The van der Waals surface area contributed by atoms with E-state index in [1.807, 2.05) is 72.4 Å². The predicted octanol–water partition coefficient (Wildman–Crippen LogP) is 11.4. The van der Waals surface area contributed by atoms with Crippen LogP contribution in [0.2, 0.25) is 0 Å². The lowest BCUT2D eigenvalue weighted by Gasteiger charge is -2.39. The fourth-order valence-electron chi connectivity index (χ4n) is 7.55. The predicted molar refractivity (Wildman–Crippen MR) is 201 cm³/mol. The summed E-state index contributed by atoms with van der Waals surface area (Å²) in [7, 11) is 0. The van der Waals surface area contributed by atoms with Crippen LogP contribution in [0.3, 0.4) is 0 Å². The Kier molecular flexibility index (Phi) is 6.51. The Bertz CT molecular complexity index is 2440. The van der Waals surface area contributed by atoms with E-state index >= 15 is 0 Å². The molecule has 0 unspecified atom stereocenters. The standard InChI is InChI=1S/C44H27N3S2/c1-3-13-28(14-4-1)41-45-42(29-15-5-2-6-16-29)47-43(46-41)39-26-25-37(48-39)30-23-24-36-40(27-30)49-38-22-12-11-21-35(38)44(36)33-19-9-7-17-31(33)32-18-8-10-20-34(32)44/h1-27H. The molecular weight excluding hydrogens is 635 g/mol. The number of rotatable bonds is 4. The van der Waals surface area contributed by atoms with Crippen LogP contribution in [-0.4, -0.2) is 15.0 Å². The fourth-order valence-corrected chi connectivity index (χ4v) is 9.71. The summed E-state index contributed by atoms with van der Waals surface area (Å²) in [6, 6.07) is 58.5. The molecule has 1 aliphatic heterocycles. The zero-order valence-corrected chi connectivity index (χ0v) is 27.9. The lowest BCUT2D eigenvalue weighted by atomic mass is 9.67. The number of thiophene rings is 1. The monoisotopic (exact) mass is 661 g/mol. The van der Waals surface area contributed by atoms with E-state index in [-0.39, 0.29) is 5.41 Å². The summed E-state index contributed by atoms with van der Waals surface area (Å²) in [5.74, 6) is 2.03. The molecule has 6 aromatic carbocycles. The zero-order valence-electron chi connectivity index (χ0n) is 26.2. The summed E-state index contributed by atoms with van der Waals surface area (Å²) in [4.78, 5) is 19.6. The van der Waals surface area contributed by atoms with Gasteiger partial charge in [0, 0.05) is 25.8 Å². The summed E-state index contributed by atoms with van der Waals surface area (Å²) in [6.45, 7) is 0. The largest absolute Gasteiger partial charge is 0.208 e. The average Bonchev–Trinajstić information content (AvgIpc) is 3.78. The van der Waals surface area contributed by atoms with Gasteiger partial charge in [0.15, 0.2) is 17.5 Å². The molecule has 5 heteroatoms. The van der Waals surface area contributed by atoms with E-state index in [0.717, 1.165) is 16.0 Å². The van der Waals surface area contributed by atoms with Crippen molar-refractivity contribution in [2.24, 2.45) is 0 Å². The Balaban J connectivity index is 1.11. The van der Waals surface area contributed by atoms with Crippen molar-refractivity contribution in [2.75, 3.05) is 0 Å². The van der Waals surface area contributed by atoms with Gasteiger partial charge in [-0.05, 0) is 63.2 Å². The van der Waals surface area contributed by atoms with E-state index in [4.69, 9.17) is 15.0 Å². The van der Waals surface area contributed by atoms with Gasteiger partial charge < -0.3 is 0 Å². The molecule has 1 aliphatic carbocycles. The molecule has 0 radical (unpaired) electrons. The highest BCUT2D eigenvalue weighted by Crippen LogP contribution is 2.62. The number of hydrogen-bond acceptors (Lipinski definition) is 5. The van der Waals surface area contributed by atoms with Crippen LogP contribution in [0, 0.1) is 0 Å². The minimum absolute atomic E-state index is 0.365. The third kappa shape index (κ3) is 4.40. The van der Waals surface area contributed by atoms with E-state index in [1.54, 1.807) is 11.3 Å². The highest BCUT2D eigenvalue weighted by molar-refractivity contribution is 7.99. The summed E-state index contributed by atoms with van der Waals surface area (Å²) >= 11 is 3.60. The van der Waals surface area contributed by atoms with Gasteiger partial charge in [-0.2, -0.15) is 0 Å². The molecular formula is C44H27N3S2. The normalized spacial score (nSPS) is 13.4. The Morgan fingerprint density at radius 2 is 0.878 bits per heavy atom. The smallest absolute Gasteiger partial charge is 0.174 e. The molecule has 0 atom stereocenters. The van der Waals surface area contributed by atoms with Gasteiger partial charge in [0.1, 0.15) is 0 Å². The van der Waals surface area contributed by atoms with Gasteiger partial charge in [-0.15, -0.1) is 11.3 Å². The second-order valence-electron chi connectivity index (χ2n) is 12.4. The first-order chi connectivity index (χ1) is 24.3. The second-order valence-corrected chi connectivity index (χ2v) is 14.5. The molecule has 49 heavy (non-hydrogen) atoms. The average molecular weight is 662 g/mol. The van der Waals surface area contributed by atoms with Crippen LogP contribution >= 0.6 is 23.1 Å². The summed E-state index contributed by atoms with van der Waals surface area (Å²) in [5, 5.41) is 0. The molecule has 8 aromatic rings. The molecule has 0 bridgehead atoms. The Morgan fingerprint density at radius 3 is 1.53 bits per heavy atom. The van der Waals surface area contributed by atoms with Crippen molar-refractivity contribution >= 4 is 23.1 Å². The van der Waals surface area contributed by atoms with Crippen LogP contribution in [0.4, 0.5) is 0 Å². The zero-order chi connectivity index (χ0) is 32.4. The van der Waals surface area contributed by atoms with E-state index in [1.165, 1.54) is 53.6 Å². The SMILES string of the molecule is c1ccc(-c2nc(-c3ccccc3)nc(-c3ccc(-c4ccc5c(c4)Sc4ccccc4C54c5ccccc5-c5ccccc54)s3)n2)cc1. The van der Waals surface area contributed by atoms with E-state index in [9.17, 15) is 0 Å². The Morgan fingerprint density at radius 1 is 0.367 bits per heavy atom. The number of hydrogen-bond donors (Lipinski definition) is 0. The molecule has 2 aliphatic rings. The van der Waals surface area contributed by atoms with Crippen molar-refractivity contribution in [1.82, 2.24) is 15.0 Å². The maximum absolute atomic E-state index is 4.98. The fraction of sp³-hybridized carbons (Fsp3) is 0.0227.